The SMILES string of the molecule is Cc1ccc(-c2coc3ccc(F)cc3c2=O)o1. The topological polar surface area (TPSA) is 43.4 Å². The Morgan fingerprint density at radius 1 is 1.17 bits per heavy atom. The van der Waals surface area contributed by atoms with Crippen molar-refractivity contribution in [1.82, 2.24) is 0 Å². The number of hydrogen-bond acceptors (Lipinski definition) is 3. The highest BCUT2D eigenvalue weighted by Crippen LogP contribution is 2.22. The van der Waals surface area contributed by atoms with Gasteiger partial charge in [0.25, 0.3) is 0 Å². The van der Waals surface area contributed by atoms with E-state index in [1.807, 2.05) is 0 Å². The van der Waals surface area contributed by atoms with Crippen LogP contribution >= 0.6 is 0 Å². The maximum Gasteiger partial charge on any atom is 0.203 e. The lowest BCUT2D eigenvalue weighted by Crippen LogP contribution is -2.04. The van der Waals surface area contributed by atoms with E-state index in [2.05, 4.69) is 0 Å². The first-order valence-corrected chi connectivity index (χ1v) is 5.43. The van der Waals surface area contributed by atoms with Gasteiger partial charge >= 0.3 is 0 Å². The molecule has 0 saturated heterocycles. The molecule has 0 aliphatic rings. The minimum absolute atomic E-state index is 0.210. The molecule has 0 saturated carbocycles. The zero-order chi connectivity index (χ0) is 12.7. The summed E-state index contributed by atoms with van der Waals surface area (Å²) in [7, 11) is 0. The summed E-state index contributed by atoms with van der Waals surface area (Å²) in [6.07, 6.45) is 1.33. The maximum absolute atomic E-state index is 13.2. The molecule has 0 N–H and O–H groups in total. The Kier molecular flexibility index (Phi) is 2.30. The van der Waals surface area contributed by atoms with Crippen molar-refractivity contribution < 1.29 is 13.2 Å². The summed E-state index contributed by atoms with van der Waals surface area (Å²) in [5.74, 6) is 0.652. The van der Waals surface area contributed by atoms with Gasteiger partial charge in [-0.15, -0.1) is 0 Å². The summed E-state index contributed by atoms with van der Waals surface area (Å²) >= 11 is 0. The predicted molar refractivity (Wildman–Crippen MR) is 64.9 cm³/mol. The van der Waals surface area contributed by atoms with E-state index in [0.717, 1.165) is 0 Å². The van der Waals surface area contributed by atoms with Crippen LogP contribution in [0.3, 0.4) is 0 Å². The standard InChI is InChI=1S/C14H9FO3/c1-8-2-4-13(18-8)11-7-17-12-5-3-9(15)6-10(12)14(11)16/h2-7H,1H3. The number of benzene rings is 1. The molecular formula is C14H9FO3. The molecule has 0 spiro atoms. The number of rotatable bonds is 1. The molecule has 4 heteroatoms. The highest BCUT2D eigenvalue weighted by Gasteiger charge is 2.12. The summed E-state index contributed by atoms with van der Waals surface area (Å²) < 4.78 is 23.8. The van der Waals surface area contributed by atoms with Crippen LogP contribution in [0.15, 0.2) is 50.2 Å². The molecular weight excluding hydrogens is 235 g/mol. The van der Waals surface area contributed by atoms with E-state index in [1.54, 1.807) is 19.1 Å². The van der Waals surface area contributed by atoms with Gasteiger partial charge in [-0.05, 0) is 37.3 Å². The number of hydrogen-bond donors (Lipinski definition) is 0. The van der Waals surface area contributed by atoms with Crippen LogP contribution in [-0.4, -0.2) is 0 Å². The molecule has 2 heterocycles. The summed E-state index contributed by atoms with van der Waals surface area (Å²) in [4.78, 5) is 12.2. The molecule has 0 amide bonds. The molecule has 3 nitrogen and oxygen atoms in total. The summed E-state index contributed by atoms with van der Waals surface area (Å²) in [5, 5.41) is 0.210. The molecule has 3 aromatic rings. The summed E-state index contributed by atoms with van der Waals surface area (Å²) in [5.41, 5.74) is 0.347. The molecule has 0 atom stereocenters. The van der Waals surface area contributed by atoms with Gasteiger partial charge in [-0.25, -0.2) is 4.39 Å². The van der Waals surface area contributed by atoms with Crippen LogP contribution in [0.4, 0.5) is 4.39 Å². The van der Waals surface area contributed by atoms with E-state index in [-0.39, 0.29) is 10.8 Å². The zero-order valence-electron chi connectivity index (χ0n) is 9.57. The lowest BCUT2D eigenvalue weighted by atomic mass is 10.1. The molecule has 0 unspecified atom stereocenters. The van der Waals surface area contributed by atoms with Gasteiger partial charge in [0.2, 0.25) is 5.43 Å². The van der Waals surface area contributed by atoms with Gasteiger partial charge in [0.05, 0.1) is 5.39 Å². The van der Waals surface area contributed by atoms with E-state index < -0.39 is 5.82 Å². The van der Waals surface area contributed by atoms with E-state index in [0.29, 0.717) is 22.7 Å². The number of halogens is 1. The Hall–Kier alpha value is -2.36. The molecule has 3 rings (SSSR count). The van der Waals surface area contributed by atoms with E-state index in [1.165, 1.54) is 24.5 Å². The maximum atomic E-state index is 13.2. The quantitative estimate of drug-likeness (QED) is 0.658. The van der Waals surface area contributed by atoms with Crippen molar-refractivity contribution in [2.24, 2.45) is 0 Å². The first-order valence-electron chi connectivity index (χ1n) is 5.43. The third-order valence-electron chi connectivity index (χ3n) is 2.74. The fourth-order valence-electron chi connectivity index (χ4n) is 1.85. The highest BCUT2D eigenvalue weighted by molar-refractivity contribution is 5.80. The molecule has 0 aliphatic carbocycles. The van der Waals surface area contributed by atoms with Crippen LogP contribution < -0.4 is 5.43 Å². The van der Waals surface area contributed by atoms with Crippen LogP contribution in [-0.2, 0) is 0 Å². The average molecular weight is 244 g/mol. The Balaban J connectivity index is 2.32. The van der Waals surface area contributed by atoms with Crippen LogP contribution in [0.2, 0.25) is 0 Å². The van der Waals surface area contributed by atoms with Crippen molar-refractivity contribution in [2.75, 3.05) is 0 Å². The van der Waals surface area contributed by atoms with Crippen LogP contribution in [0.25, 0.3) is 22.3 Å². The molecule has 0 radical (unpaired) electrons. The predicted octanol–water partition coefficient (Wildman–Crippen LogP) is 3.50. The normalized spacial score (nSPS) is 11.0. The first kappa shape index (κ1) is 10.8. The van der Waals surface area contributed by atoms with E-state index in [9.17, 15) is 9.18 Å². The molecule has 0 bridgehead atoms. The molecule has 0 fully saturated rings. The zero-order valence-corrected chi connectivity index (χ0v) is 9.57. The summed E-state index contributed by atoms with van der Waals surface area (Å²) in [6, 6.07) is 7.29. The minimum Gasteiger partial charge on any atom is -0.463 e. The Morgan fingerprint density at radius 3 is 2.72 bits per heavy atom. The van der Waals surface area contributed by atoms with Crippen LogP contribution in [0.5, 0.6) is 0 Å². The van der Waals surface area contributed by atoms with Gasteiger partial charge < -0.3 is 8.83 Å². The van der Waals surface area contributed by atoms with Gasteiger partial charge in [-0.1, -0.05) is 0 Å². The van der Waals surface area contributed by atoms with Gasteiger partial charge in [0.15, 0.2) is 0 Å². The third kappa shape index (κ3) is 1.62. The lowest BCUT2D eigenvalue weighted by Gasteiger charge is -1.99. The van der Waals surface area contributed by atoms with Crippen molar-refractivity contribution in [3.05, 3.63) is 58.4 Å². The second-order valence-electron chi connectivity index (χ2n) is 4.03. The van der Waals surface area contributed by atoms with E-state index in [4.69, 9.17) is 8.83 Å². The second kappa shape index (κ2) is 3.84. The number of furan rings is 1. The Morgan fingerprint density at radius 2 is 2.00 bits per heavy atom. The Labute approximate surface area is 101 Å². The van der Waals surface area contributed by atoms with Crippen LogP contribution in [0.1, 0.15) is 5.76 Å². The molecule has 0 aliphatic heterocycles. The minimum atomic E-state index is -0.470. The van der Waals surface area contributed by atoms with Gasteiger partial charge in [-0.3, -0.25) is 4.79 Å². The smallest absolute Gasteiger partial charge is 0.203 e. The molecule has 18 heavy (non-hydrogen) atoms. The monoisotopic (exact) mass is 244 g/mol. The van der Waals surface area contributed by atoms with Crippen molar-refractivity contribution in [3.63, 3.8) is 0 Å². The second-order valence-corrected chi connectivity index (χ2v) is 4.03. The van der Waals surface area contributed by atoms with Gasteiger partial charge in [0, 0.05) is 0 Å². The molecule has 1 aromatic carbocycles. The van der Waals surface area contributed by atoms with Gasteiger partial charge in [0.1, 0.15) is 34.7 Å². The summed E-state index contributed by atoms with van der Waals surface area (Å²) in [6.45, 7) is 1.78. The van der Waals surface area contributed by atoms with Crippen molar-refractivity contribution >= 4 is 11.0 Å². The fraction of sp³-hybridized carbons (Fsp3) is 0.0714. The Bertz CT molecular complexity index is 783. The number of aryl methyl sites for hydroxylation is 1. The average Bonchev–Trinajstić information content (AvgIpc) is 2.77. The molecule has 2 aromatic heterocycles. The van der Waals surface area contributed by atoms with Crippen LogP contribution in [0, 0.1) is 12.7 Å². The van der Waals surface area contributed by atoms with Crippen molar-refractivity contribution in [2.45, 2.75) is 6.92 Å². The van der Waals surface area contributed by atoms with E-state index >= 15 is 0 Å². The van der Waals surface area contributed by atoms with Crippen molar-refractivity contribution in [1.29, 1.82) is 0 Å². The lowest BCUT2D eigenvalue weighted by molar-refractivity contribution is 0.541. The first-order chi connectivity index (χ1) is 8.65. The highest BCUT2D eigenvalue weighted by atomic mass is 19.1. The van der Waals surface area contributed by atoms with Crippen molar-refractivity contribution in [3.8, 4) is 11.3 Å². The largest absolute Gasteiger partial charge is 0.463 e. The third-order valence-corrected chi connectivity index (χ3v) is 2.74. The molecule has 90 valence electrons. The fourth-order valence-corrected chi connectivity index (χ4v) is 1.85. The number of fused-ring (bicyclic) bond motifs is 1. The van der Waals surface area contributed by atoms with Gasteiger partial charge in [-0.2, -0.15) is 0 Å².